The number of hydrogen-bond acceptors (Lipinski definition) is 5. The van der Waals surface area contributed by atoms with E-state index in [0.717, 1.165) is 4.47 Å². The minimum atomic E-state index is -0.341. The first-order valence-corrected chi connectivity index (χ1v) is 10.6. The van der Waals surface area contributed by atoms with Gasteiger partial charge in [-0.1, -0.05) is 18.2 Å². The van der Waals surface area contributed by atoms with Gasteiger partial charge in [-0.2, -0.15) is 0 Å². The Morgan fingerprint density at radius 3 is 2.72 bits per heavy atom. The lowest BCUT2D eigenvalue weighted by atomic mass is 10.2. The minimum Gasteiger partial charge on any atom is -0.482 e. The topological polar surface area (TPSA) is 101 Å². The summed E-state index contributed by atoms with van der Waals surface area (Å²) in [6, 6.07) is 17.3. The maximum atomic E-state index is 12.5. The molecule has 0 aliphatic carbocycles. The van der Waals surface area contributed by atoms with Gasteiger partial charge in [0.1, 0.15) is 11.6 Å². The molecular formula is C23H19BrN4O4. The zero-order chi connectivity index (χ0) is 22.5. The fraction of sp³-hybridized carbons (Fsp3) is 0.130. The fourth-order valence-electron chi connectivity index (χ4n) is 3.21. The number of halogens is 1. The molecule has 2 N–H and O–H groups in total. The van der Waals surface area contributed by atoms with Crippen molar-refractivity contribution in [3.05, 3.63) is 76.9 Å². The van der Waals surface area contributed by atoms with Crippen LogP contribution >= 0.6 is 15.9 Å². The summed E-state index contributed by atoms with van der Waals surface area (Å²) in [7, 11) is 0. The van der Waals surface area contributed by atoms with Crippen molar-refractivity contribution in [3.63, 3.8) is 0 Å². The number of amides is 3. The van der Waals surface area contributed by atoms with Crippen LogP contribution in [0.5, 0.6) is 5.75 Å². The Bertz CT molecular complexity index is 1170. The molecule has 162 valence electrons. The number of para-hydroxylation sites is 2. The molecule has 4 rings (SSSR count). The number of anilines is 3. The van der Waals surface area contributed by atoms with Crippen molar-refractivity contribution in [2.75, 3.05) is 28.7 Å². The number of hydrogen-bond donors (Lipinski definition) is 2. The van der Waals surface area contributed by atoms with E-state index in [1.54, 1.807) is 59.6 Å². The highest BCUT2D eigenvalue weighted by Gasteiger charge is 2.25. The Morgan fingerprint density at radius 1 is 1.06 bits per heavy atom. The van der Waals surface area contributed by atoms with Gasteiger partial charge in [0, 0.05) is 34.9 Å². The second kappa shape index (κ2) is 9.61. The highest BCUT2D eigenvalue weighted by Crippen LogP contribution is 2.31. The van der Waals surface area contributed by atoms with Crippen LogP contribution in [0.1, 0.15) is 16.8 Å². The molecule has 0 atom stereocenters. The fourth-order valence-corrected chi connectivity index (χ4v) is 3.45. The van der Waals surface area contributed by atoms with E-state index in [1.165, 1.54) is 0 Å². The van der Waals surface area contributed by atoms with Gasteiger partial charge >= 0.3 is 0 Å². The third kappa shape index (κ3) is 5.12. The number of benzene rings is 2. The van der Waals surface area contributed by atoms with Crippen molar-refractivity contribution in [2.24, 2.45) is 0 Å². The molecule has 2 aromatic carbocycles. The van der Waals surface area contributed by atoms with Crippen molar-refractivity contribution in [1.29, 1.82) is 0 Å². The summed E-state index contributed by atoms with van der Waals surface area (Å²) in [4.78, 5) is 42.9. The molecule has 0 bridgehead atoms. The Labute approximate surface area is 192 Å². The Morgan fingerprint density at radius 2 is 1.91 bits per heavy atom. The number of ether oxygens (including phenoxy) is 1. The highest BCUT2D eigenvalue weighted by molar-refractivity contribution is 9.10. The third-order valence-electron chi connectivity index (χ3n) is 4.75. The van der Waals surface area contributed by atoms with Gasteiger partial charge in [0.2, 0.25) is 5.91 Å². The number of fused-ring (bicyclic) bond motifs is 1. The van der Waals surface area contributed by atoms with Crippen LogP contribution in [0.15, 0.2) is 71.3 Å². The molecule has 1 aliphatic rings. The van der Waals surface area contributed by atoms with Crippen molar-refractivity contribution in [2.45, 2.75) is 6.42 Å². The van der Waals surface area contributed by atoms with E-state index in [-0.39, 0.29) is 37.3 Å². The molecule has 0 fully saturated rings. The largest absolute Gasteiger partial charge is 0.482 e. The number of rotatable bonds is 6. The van der Waals surface area contributed by atoms with E-state index in [9.17, 15) is 14.4 Å². The number of nitrogens with one attached hydrogen (secondary N) is 2. The Balaban J connectivity index is 1.36. The predicted octanol–water partition coefficient (Wildman–Crippen LogP) is 3.85. The maximum Gasteiger partial charge on any atom is 0.265 e. The summed E-state index contributed by atoms with van der Waals surface area (Å²) < 4.78 is 6.22. The van der Waals surface area contributed by atoms with Crippen molar-refractivity contribution in [3.8, 4) is 5.75 Å². The van der Waals surface area contributed by atoms with Gasteiger partial charge in [0.25, 0.3) is 11.8 Å². The Hall–Kier alpha value is -3.72. The van der Waals surface area contributed by atoms with Gasteiger partial charge in [-0.25, -0.2) is 4.98 Å². The maximum absolute atomic E-state index is 12.5. The van der Waals surface area contributed by atoms with Crippen LogP contribution in [0.25, 0.3) is 0 Å². The summed E-state index contributed by atoms with van der Waals surface area (Å²) in [5, 5.41) is 5.49. The SMILES string of the molecule is O=C(CCN1C(=O)COc2ccccc21)Nc1cccc(C(=O)Nc2ccc(Br)cn2)c1. The van der Waals surface area contributed by atoms with Crippen LogP contribution in [0.3, 0.4) is 0 Å². The zero-order valence-corrected chi connectivity index (χ0v) is 18.5. The number of pyridine rings is 1. The van der Waals surface area contributed by atoms with Crippen LogP contribution in [0.4, 0.5) is 17.2 Å². The summed E-state index contributed by atoms with van der Waals surface area (Å²) >= 11 is 3.30. The predicted molar refractivity (Wildman–Crippen MR) is 124 cm³/mol. The quantitative estimate of drug-likeness (QED) is 0.541. The average Bonchev–Trinajstić information content (AvgIpc) is 2.80. The van der Waals surface area contributed by atoms with Gasteiger partial charge in [-0.3, -0.25) is 14.4 Å². The molecule has 0 unspecified atom stereocenters. The summed E-state index contributed by atoms with van der Waals surface area (Å²) in [6.45, 7) is 0.170. The zero-order valence-electron chi connectivity index (χ0n) is 16.9. The van der Waals surface area contributed by atoms with Crippen LogP contribution in [-0.2, 0) is 9.59 Å². The van der Waals surface area contributed by atoms with E-state index >= 15 is 0 Å². The van der Waals surface area contributed by atoms with Gasteiger partial charge in [-0.05, 0) is 58.4 Å². The molecule has 3 aromatic rings. The first kappa shape index (κ1) is 21.5. The lowest BCUT2D eigenvalue weighted by Gasteiger charge is -2.29. The number of carbonyl (C=O) groups is 3. The van der Waals surface area contributed by atoms with Crippen molar-refractivity contribution in [1.82, 2.24) is 4.98 Å². The molecule has 9 heteroatoms. The van der Waals surface area contributed by atoms with Crippen molar-refractivity contribution >= 4 is 50.8 Å². The molecule has 8 nitrogen and oxygen atoms in total. The number of nitrogens with zero attached hydrogens (tertiary/aromatic N) is 2. The van der Waals surface area contributed by atoms with E-state index in [1.807, 2.05) is 12.1 Å². The lowest BCUT2D eigenvalue weighted by molar-refractivity contribution is -0.121. The normalized spacial score (nSPS) is 12.5. The molecule has 2 heterocycles. The number of aromatic nitrogens is 1. The molecule has 0 saturated heterocycles. The van der Waals surface area contributed by atoms with Crippen molar-refractivity contribution < 1.29 is 19.1 Å². The third-order valence-corrected chi connectivity index (χ3v) is 5.22. The highest BCUT2D eigenvalue weighted by atomic mass is 79.9. The molecule has 0 spiro atoms. The van der Waals surface area contributed by atoms with Crippen LogP contribution in [-0.4, -0.2) is 35.9 Å². The molecule has 1 aliphatic heterocycles. The van der Waals surface area contributed by atoms with E-state index < -0.39 is 0 Å². The van der Waals surface area contributed by atoms with Crippen LogP contribution in [0.2, 0.25) is 0 Å². The van der Waals surface area contributed by atoms with Gasteiger partial charge < -0.3 is 20.3 Å². The van der Waals surface area contributed by atoms with Gasteiger partial charge in [0.15, 0.2) is 6.61 Å². The Kier molecular flexibility index (Phi) is 6.46. The van der Waals surface area contributed by atoms with E-state index in [4.69, 9.17) is 4.74 Å². The second-order valence-corrected chi connectivity index (χ2v) is 7.91. The van der Waals surface area contributed by atoms with Crippen LogP contribution < -0.4 is 20.3 Å². The van der Waals surface area contributed by atoms with Gasteiger partial charge in [-0.15, -0.1) is 0 Å². The lowest BCUT2D eigenvalue weighted by Crippen LogP contribution is -2.40. The van der Waals surface area contributed by atoms with E-state index in [2.05, 4.69) is 31.5 Å². The first-order valence-electron chi connectivity index (χ1n) is 9.84. The first-order chi connectivity index (χ1) is 15.5. The summed E-state index contributed by atoms with van der Waals surface area (Å²) in [5.74, 6) is 0.228. The minimum absolute atomic E-state index is 0.0526. The summed E-state index contributed by atoms with van der Waals surface area (Å²) in [5.41, 5.74) is 1.52. The van der Waals surface area contributed by atoms with E-state index in [0.29, 0.717) is 28.5 Å². The molecular weight excluding hydrogens is 476 g/mol. The molecule has 0 saturated carbocycles. The molecule has 0 radical (unpaired) electrons. The second-order valence-electron chi connectivity index (χ2n) is 7.00. The smallest absolute Gasteiger partial charge is 0.265 e. The monoisotopic (exact) mass is 494 g/mol. The molecule has 3 amide bonds. The standard InChI is InChI=1S/C23H19BrN4O4/c24-16-8-9-20(25-13-16)27-23(31)15-4-3-5-17(12-15)26-21(29)10-11-28-18-6-1-2-7-19(18)32-14-22(28)30/h1-9,12-13H,10-11,14H2,(H,26,29)(H,25,27,31). The average molecular weight is 495 g/mol. The summed E-state index contributed by atoms with van der Waals surface area (Å²) in [6.07, 6.45) is 1.68. The van der Waals surface area contributed by atoms with Crippen LogP contribution in [0, 0.1) is 0 Å². The number of carbonyl (C=O) groups excluding carboxylic acids is 3. The molecule has 1 aromatic heterocycles. The molecule has 32 heavy (non-hydrogen) atoms. The van der Waals surface area contributed by atoms with Gasteiger partial charge in [0.05, 0.1) is 5.69 Å².